The Bertz CT molecular complexity index is 1530. The maximum atomic E-state index is 13.1. The van der Waals surface area contributed by atoms with Crippen molar-refractivity contribution in [2.24, 2.45) is 4.99 Å². The van der Waals surface area contributed by atoms with Crippen molar-refractivity contribution in [2.75, 3.05) is 51.4 Å². The number of methoxy groups -OCH3 is 1. The topological polar surface area (TPSA) is 122 Å². The van der Waals surface area contributed by atoms with Gasteiger partial charge in [0.1, 0.15) is 6.29 Å². The number of aliphatic imine (C=N–C) groups is 1. The van der Waals surface area contributed by atoms with Gasteiger partial charge in [-0.15, -0.1) is 0 Å². The number of hydrogen-bond acceptors (Lipinski definition) is 9. The number of rotatable bonds is 12. The van der Waals surface area contributed by atoms with Gasteiger partial charge in [0.2, 0.25) is 0 Å². The number of carbonyl (C=O) groups excluding carboxylic acids is 2. The number of nitrogens with one attached hydrogen (secondary N) is 2. The maximum Gasteiger partial charge on any atom is 0.257 e. The Morgan fingerprint density at radius 2 is 1.69 bits per heavy atom. The molecule has 0 bridgehead atoms. The van der Waals surface area contributed by atoms with Crippen LogP contribution in [0.5, 0.6) is 23.0 Å². The number of unbranched alkanes of at least 4 members (excludes halogenated alkanes) is 2. The number of hydrogen-bond donors (Lipinski definition) is 3. The van der Waals surface area contributed by atoms with Crippen molar-refractivity contribution in [3.63, 3.8) is 0 Å². The molecule has 10 heteroatoms. The molecule has 236 valence electrons. The maximum absolute atomic E-state index is 13.1. The fourth-order valence-electron chi connectivity index (χ4n) is 5.31. The summed E-state index contributed by atoms with van der Waals surface area (Å²) in [4.78, 5) is 31.0. The Labute approximate surface area is 263 Å². The molecule has 0 radical (unpaired) electrons. The quantitative estimate of drug-likeness (QED) is 0.181. The van der Waals surface area contributed by atoms with Crippen LogP contribution in [0.2, 0.25) is 0 Å². The minimum Gasteiger partial charge on any atom is -0.504 e. The van der Waals surface area contributed by atoms with Crippen LogP contribution in [0, 0.1) is 0 Å². The average Bonchev–Trinajstić information content (AvgIpc) is 3.08. The minimum atomic E-state index is -0.349. The molecule has 10 nitrogen and oxygen atoms in total. The van der Waals surface area contributed by atoms with E-state index in [0.29, 0.717) is 48.8 Å². The van der Waals surface area contributed by atoms with Crippen molar-refractivity contribution in [1.82, 2.24) is 10.6 Å². The minimum absolute atomic E-state index is 0.113. The lowest BCUT2D eigenvalue weighted by Crippen LogP contribution is -2.43. The number of phenols is 1. The molecule has 1 amide bonds. The molecule has 0 spiro atoms. The van der Waals surface area contributed by atoms with E-state index in [9.17, 15) is 14.7 Å². The molecular weight excluding hydrogens is 572 g/mol. The Hall–Kier alpha value is -4.83. The summed E-state index contributed by atoms with van der Waals surface area (Å²) in [5, 5.41) is 16.9. The number of ether oxygens (including phenoxy) is 3. The lowest BCUT2D eigenvalue weighted by Gasteiger charge is -2.29. The second kappa shape index (κ2) is 15.8. The van der Waals surface area contributed by atoms with Crippen LogP contribution in [-0.4, -0.2) is 70.0 Å². The molecule has 2 aliphatic rings. The number of carbonyl (C=O) groups is 2. The Kier molecular flexibility index (Phi) is 11.1. The largest absolute Gasteiger partial charge is 0.504 e. The Morgan fingerprint density at radius 1 is 0.933 bits per heavy atom. The SMILES string of the molecule is COc1cc(C=O)ccc1OCCCCCOc1cc2c(cc1O)C(=O)N/C=C(/c1ccc(N3CCNCC3)cc1)CC/C=N\2. The summed E-state index contributed by atoms with van der Waals surface area (Å²) in [5.41, 5.74) is 4.50. The number of allylic oxidation sites excluding steroid dienone is 1. The molecule has 45 heavy (non-hydrogen) atoms. The number of anilines is 1. The van der Waals surface area contributed by atoms with Gasteiger partial charge >= 0.3 is 0 Å². The van der Waals surface area contributed by atoms with E-state index in [1.165, 1.54) is 18.9 Å². The van der Waals surface area contributed by atoms with Gasteiger partial charge in [-0.2, -0.15) is 0 Å². The fraction of sp³-hybridized carbons (Fsp3) is 0.343. The molecule has 0 aromatic heterocycles. The lowest BCUT2D eigenvalue weighted by molar-refractivity contribution is 0.0970. The van der Waals surface area contributed by atoms with Crippen LogP contribution >= 0.6 is 0 Å². The van der Waals surface area contributed by atoms with E-state index < -0.39 is 0 Å². The number of amides is 1. The highest BCUT2D eigenvalue weighted by molar-refractivity contribution is 6.01. The first-order valence-corrected chi connectivity index (χ1v) is 15.4. The number of benzene rings is 3. The monoisotopic (exact) mass is 612 g/mol. The van der Waals surface area contributed by atoms with Crippen molar-refractivity contribution < 1.29 is 28.9 Å². The molecule has 0 unspecified atom stereocenters. The number of aromatic hydroxyl groups is 1. The Morgan fingerprint density at radius 3 is 2.42 bits per heavy atom. The summed E-state index contributed by atoms with van der Waals surface area (Å²) in [7, 11) is 1.54. The molecule has 2 aliphatic heterocycles. The van der Waals surface area contributed by atoms with Crippen LogP contribution < -0.4 is 29.7 Å². The summed E-state index contributed by atoms with van der Waals surface area (Å²) in [5.74, 6) is 0.935. The summed E-state index contributed by atoms with van der Waals surface area (Å²) >= 11 is 0. The molecule has 1 fully saturated rings. The second-order valence-electron chi connectivity index (χ2n) is 10.9. The zero-order valence-electron chi connectivity index (χ0n) is 25.6. The summed E-state index contributed by atoms with van der Waals surface area (Å²) in [6.07, 6.45) is 8.11. The number of fused-ring (bicyclic) bond motifs is 1. The van der Waals surface area contributed by atoms with Crippen molar-refractivity contribution in [2.45, 2.75) is 32.1 Å². The summed E-state index contributed by atoms with van der Waals surface area (Å²) < 4.78 is 16.9. The standard InChI is InChI=1S/C35H40N4O6/c1-43-34-20-25(24-40)7-12-32(34)44-18-3-2-4-19-45-33-22-30-29(21-31(33)41)35(42)38-23-27(6-5-13-37-30)26-8-10-28(11-9-26)39-16-14-36-15-17-39/h7-13,20-24,36,41H,2-6,14-19H2,1H3,(H,38,42)/b27-23+,37-13-. The molecule has 3 N–H and O–H groups in total. The predicted molar refractivity (Wildman–Crippen MR) is 176 cm³/mol. The van der Waals surface area contributed by atoms with Gasteiger partial charge < -0.3 is 34.9 Å². The fourth-order valence-corrected chi connectivity index (χ4v) is 5.31. The van der Waals surface area contributed by atoms with Crippen molar-refractivity contribution in [3.05, 3.63) is 77.5 Å². The number of aldehydes is 1. The van der Waals surface area contributed by atoms with Crippen molar-refractivity contribution in [3.8, 4) is 23.0 Å². The van der Waals surface area contributed by atoms with Crippen LogP contribution in [0.15, 0.2) is 65.8 Å². The van der Waals surface area contributed by atoms with Gasteiger partial charge in [0.25, 0.3) is 5.91 Å². The predicted octanol–water partition coefficient (Wildman–Crippen LogP) is 5.52. The van der Waals surface area contributed by atoms with E-state index >= 15 is 0 Å². The highest BCUT2D eigenvalue weighted by atomic mass is 16.5. The third-order valence-electron chi connectivity index (χ3n) is 7.82. The van der Waals surface area contributed by atoms with Crippen LogP contribution in [0.1, 0.15) is 58.4 Å². The summed E-state index contributed by atoms with van der Waals surface area (Å²) in [6.45, 7) is 4.82. The lowest BCUT2D eigenvalue weighted by atomic mass is 10.0. The molecule has 0 saturated carbocycles. The van der Waals surface area contributed by atoms with Crippen LogP contribution in [-0.2, 0) is 0 Å². The highest BCUT2D eigenvalue weighted by Gasteiger charge is 2.17. The molecule has 0 aliphatic carbocycles. The van der Waals surface area contributed by atoms with Crippen molar-refractivity contribution in [1.29, 1.82) is 0 Å². The first-order valence-electron chi connectivity index (χ1n) is 15.4. The van der Waals surface area contributed by atoms with Crippen molar-refractivity contribution >= 4 is 35.4 Å². The second-order valence-corrected chi connectivity index (χ2v) is 10.9. The molecule has 3 aromatic carbocycles. The van der Waals surface area contributed by atoms with E-state index in [1.54, 1.807) is 30.5 Å². The Balaban J connectivity index is 1.13. The molecular formula is C35H40N4O6. The number of nitrogens with zero attached hydrogens (tertiary/aromatic N) is 2. The highest BCUT2D eigenvalue weighted by Crippen LogP contribution is 2.35. The van der Waals surface area contributed by atoms with E-state index in [-0.39, 0.29) is 23.0 Å². The van der Waals surface area contributed by atoms with E-state index in [4.69, 9.17) is 14.2 Å². The zero-order chi connectivity index (χ0) is 31.4. The molecule has 2 heterocycles. The molecule has 5 rings (SSSR count). The number of piperazine rings is 1. The third kappa shape index (κ3) is 8.42. The van der Waals surface area contributed by atoms with Gasteiger partial charge in [0.05, 0.1) is 31.6 Å². The smallest absolute Gasteiger partial charge is 0.257 e. The first-order chi connectivity index (χ1) is 22.1. The van der Waals surface area contributed by atoms with Gasteiger partial charge in [-0.3, -0.25) is 14.6 Å². The third-order valence-corrected chi connectivity index (χ3v) is 7.82. The van der Waals surface area contributed by atoms with Gasteiger partial charge in [-0.25, -0.2) is 0 Å². The van der Waals surface area contributed by atoms with Gasteiger partial charge in [-0.1, -0.05) is 12.1 Å². The zero-order valence-corrected chi connectivity index (χ0v) is 25.6. The molecule has 1 saturated heterocycles. The van der Waals surface area contributed by atoms with Gasteiger partial charge in [0, 0.05) is 55.9 Å². The van der Waals surface area contributed by atoms with E-state index in [2.05, 4.69) is 44.8 Å². The molecule has 3 aromatic rings. The van der Waals surface area contributed by atoms with Gasteiger partial charge in [-0.05, 0) is 79.6 Å². The van der Waals surface area contributed by atoms with Crippen LogP contribution in [0.25, 0.3) is 5.57 Å². The number of phenolic OH excluding ortho intramolecular Hbond substituents is 1. The first kappa shape index (κ1) is 31.6. The van der Waals surface area contributed by atoms with E-state index in [0.717, 1.165) is 62.9 Å². The van der Waals surface area contributed by atoms with Crippen LogP contribution in [0.3, 0.4) is 0 Å². The van der Waals surface area contributed by atoms with Gasteiger partial charge in [0.15, 0.2) is 23.0 Å². The van der Waals surface area contributed by atoms with Crippen LogP contribution in [0.4, 0.5) is 11.4 Å². The molecule has 0 atom stereocenters. The van der Waals surface area contributed by atoms with E-state index in [1.807, 2.05) is 6.21 Å². The summed E-state index contributed by atoms with van der Waals surface area (Å²) in [6, 6.07) is 16.5. The average molecular weight is 613 g/mol. The normalized spacial score (nSPS) is 16.9.